The smallest absolute Gasteiger partial charge is 0.352 e. The van der Waals surface area contributed by atoms with Crippen LogP contribution in [0.2, 0.25) is 0 Å². The summed E-state index contributed by atoms with van der Waals surface area (Å²) in [5.74, 6) is 0.519. The van der Waals surface area contributed by atoms with E-state index < -0.39 is 5.69 Å². The highest BCUT2D eigenvalue weighted by Gasteiger charge is 2.22. The summed E-state index contributed by atoms with van der Waals surface area (Å²) < 4.78 is 9.74. The Bertz CT molecular complexity index is 1300. The van der Waals surface area contributed by atoms with Crippen LogP contribution in [-0.4, -0.2) is 30.7 Å². The number of nitrogens with zero attached hydrogens (tertiary/aromatic N) is 4. The fraction of sp³-hybridized carbons (Fsp3) is 0.368. The van der Waals surface area contributed by atoms with Crippen LogP contribution in [-0.2, 0) is 17.9 Å². The topological polar surface area (TPSA) is 104 Å². The van der Waals surface area contributed by atoms with E-state index in [1.54, 1.807) is 23.6 Å². The van der Waals surface area contributed by atoms with Crippen molar-refractivity contribution in [2.75, 3.05) is 0 Å². The minimum absolute atomic E-state index is 0.147. The number of aromatic nitrogens is 4. The second-order valence-electron chi connectivity index (χ2n) is 7.23. The van der Waals surface area contributed by atoms with E-state index in [0.717, 1.165) is 30.4 Å². The Balaban J connectivity index is 1.60. The largest absolute Gasteiger partial charge is 0.467 e. The van der Waals surface area contributed by atoms with Gasteiger partial charge in [0.1, 0.15) is 17.0 Å². The first-order chi connectivity index (χ1) is 14.1. The summed E-state index contributed by atoms with van der Waals surface area (Å²) in [6.45, 7) is -0.0362. The number of hydrogen-bond acceptors (Lipinski definition) is 6. The van der Waals surface area contributed by atoms with Crippen LogP contribution in [0.25, 0.3) is 16.0 Å². The van der Waals surface area contributed by atoms with Gasteiger partial charge in [-0.25, -0.2) is 13.9 Å². The monoisotopic (exact) mass is 413 g/mol. The number of carbonyl (C=O) groups excluding carboxylic acids is 1. The number of thiophene rings is 1. The van der Waals surface area contributed by atoms with E-state index in [4.69, 9.17) is 4.42 Å². The Hall–Kier alpha value is -3.14. The summed E-state index contributed by atoms with van der Waals surface area (Å²) >= 11 is 1.27. The minimum Gasteiger partial charge on any atom is -0.467 e. The van der Waals surface area contributed by atoms with E-state index in [9.17, 15) is 14.4 Å². The number of carbonyl (C=O) groups is 1. The number of hydrogen-bond donors (Lipinski definition) is 1. The van der Waals surface area contributed by atoms with Crippen LogP contribution >= 0.6 is 11.3 Å². The second-order valence-corrected chi connectivity index (χ2v) is 8.15. The molecule has 1 aliphatic carbocycles. The Morgan fingerprint density at radius 3 is 2.86 bits per heavy atom. The maximum atomic E-state index is 13.0. The van der Waals surface area contributed by atoms with Crippen molar-refractivity contribution < 1.29 is 9.21 Å². The maximum absolute atomic E-state index is 13.0. The van der Waals surface area contributed by atoms with Gasteiger partial charge in [0.15, 0.2) is 0 Å². The predicted octanol–water partition coefficient (Wildman–Crippen LogP) is 1.57. The number of rotatable bonds is 5. The molecule has 10 heteroatoms. The third-order valence-corrected chi connectivity index (χ3v) is 6.19. The third kappa shape index (κ3) is 3.09. The molecule has 0 spiro atoms. The van der Waals surface area contributed by atoms with Crippen LogP contribution in [0.15, 0.2) is 43.8 Å². The average molecular weight is 413 g/mol. The van der Waals surface area contributed by atoms with Gasteiger partial charge >= 0.3 is 5.69 Å². The van der Waals surface area contributed by atoms with Gasteiger partial charge in [0.05, 0.1) is 18.3 Å². The van der Waals surface area contributed by atoms with Gasteiger partial charge in [-0.2, -0.15) is 0 Å². The van der Waals surface area contributed by atoms with Gasteiger partial charge in [0.25, 0.3) is 5.56 Å². The predicted molar refractivity (Wildman–Crippen MR) is 107 cm³/mol. The molecule has 9 nitrogen and oxygen atoms in total. The molecule has 0 aliphatic heterocycles. The normalized spacial score (nSPS) is 14.9. The van der Waals surface area contributed by atoms with Crippen LogP contribution in [0.1, 0.15) is 31.4 Å². The fourth-order valence-corrected chi connectivity index (χ4v) is 4.74. The fourth-order valence-electron chi connectivity index (χ4n) is 3.92. The third-order valence-electron chi connectivity index (χ3n) is 5.30. The molecule has 1 fully saturated rings. The molecule has 0 saturated heterocycles. The SMILES string of the molecule is O=C(Cn1nc2n(Cc3ccco3)c(=O)c3sccc3n2c1=O)NC1CCCC1. The van der Waals surface area contributed by atoms with Crippen molar-refractivity contribution in [1.82, 2.24) is 24.1 Å². The molecular formula is C19H19N5O4S. The van der Waals surface area contributed by atoms with Gasteiger partial charge in [0, 0.05) is 6.04 Å². The zero-order valence-corrected chi connectivity index (χ0v) is 16.4. The number of nitrogens with one attached hydrogen (secondary N) is 1. The lowest BCUT2D eigenvalue weighted by molar-refractivity contribution is -0.122. The highest BCUT2D eigenvalue weighted by atomic mass is 32.1. The first kappa shape index (κ1) is 17.9. The molecule has 5 rings (SSSR count). The Labute approximate surface area is 168 Å². The van der Waals surface area contributed by atoms with Gasteiger partial charge in [-0.3, -0.25) is 14.2 Å². The molecular weight excluding hydrogens is 394 g/mol. The summed E-state index contributed by atoms with van der Waals surface area (Å²) in [5.41, 5.74) is -0.192. The summed E-state index contributed by atoms with van der Waals surface area (Å²) in [7, 11) is 0. The van der Waals surface area contributed by atoms with Crippen LogP contribution < -0.4 is 16.6 Å². The molecule has 29 heavy (non-hydrogen) atoms. The van der Waals surface area contributed by atoms with E-state index in [1.807, 2.05) is 0 Å². The molecule has 0 unspecified atom stereocenters. The zero-order valence-electron chi connectivity index (χ0n) is 15.5. The molecule has 1 N–H and O–H groups in total. The minimum atomic E-state index is -0.446. The van der Waals surface area contributed by atoms with Crippen molar-refractivity contribution in [3.05, 3.63) is 56.4 Å². The molecule has 0 aromatic carbocycles. The van der Waals surface area contributed by atoms with Crippen molar-refractivity contribution in [1.29, 1.82) is 0 Å². The highest BCUT2D eigenvalue weighted by molar-refractivity contribution is 7.17. The molecule has 1 amide bonds. The first-order valence-corrected chi connectivity index (χ1v) is 10.4. The number of amides is 1. The average Bonchev–Trinajstić information content (AvgIpc) is 3.47. The molecule has 0 atom stereocenters. The molecule has 4 heterocycles. The van der Waals surface area contributed by atoms with Gasteiger partial charge in [0.2, 0.25) is 11.7 Å². The van der Waals surface area contributed by atoms with Gasteiger partial charge in [-0.05, 0) is 36.4 Å². The van der Waals surface area contributed by atoms with Crippen LogP contribution in [0.4, 0.5) is 0 Å². The van der Waals surface area contributed by atoms with Crippen molar-refractivity contribution in [2.45, 2.75) is 44.8 Å². The van der Waals surface area contributed by atoms with Crippen LogP contribution in [0.5, 0.6) is 0 Å². The van der Waals surface area contributed by atoms with E-state index >= 15 is 0 Å². The molecule has 1 aliphatic rings. The Morgan fingerprint density at radius 2 is 2.10 bits per heavy atom. The van der Waals surface area contributed by atoms with E-state index in [1.165, 1.54) is 26.6 Å². The number of fused-ring (bicyclic) bond motifs is 3. The van der Waals surface area contributed by atoms with Crippen molar-refractivity contribution >= 4 is 33.2 Å². The maximum Gasteiger partial charge on any atom is 0.352 e. The summed E-state index contributed by atoms with van der Waals surface area (Å²) in [4.78, 5) is 38.4. The van der Waals surface area contributed by atoms with Gasteiger partial charge in [-0.1, -0.05) is 12.8 Å². The van der Waals surface area contributed by atoms with E-state index in [2.05, 4.69) is 10.4 Å². The standard InChI is InChI=1S/C19H19N5O4S/c25-15(20-12-4-1-2-5-12)11-23-19(27)24-14-7-9-29-16(14)17(26)22(18(24)21-23)10-13-6-3-8-28-13/h3,6-9,12H,1-2,4-5,10-11H2,(H,20,25). The zero-order chi connectivity index (χ0) is 20.0. The summed E-state index contributed by atoms with van der Waals surface area (Å²) in [6, 6.07) is 5.37. The number of furan rings is 1. The first-order valence-electron chi connectivity index (χ1n) is 9.53. The second kappa shape index (κ2) is 7.03. The van der Waals surface area contributed by atoms with Gasteiger partial charge in [-0.15, -0.1) is 16.4 Å². The van der Waals surface area contributed by atoms with E-state index in [-0.39, 0.29) is 36.4 Å². The molecule has 4 aromatic rings. The molecule has 4 aromatic heterocycles. The lowest BCUT2D eigenvalue weighted by Crippen LogP contribution is -2.37. The van der Waals surface area contributed by atoms with E-state index in [0.29, 0.717) is 16.0 Å². The summed E-state index contributed by atoms with van der Waals surface area (Å²) in [6.07, 6.45) is 5.66. The van der Waals surface area contributed by atoms with Crippen molar-refractivity contribution in [3.63, 3.8) is 0 Å². The van der Waals surface area contributed by atoms with Crippen molar-refractivity contribution in [3.8, 4) is 0 Å². The lowest BCUT2D eigenvalue weighted by Gasteiger charge is -2.10. The molecule has 0 bridgehead atoms. The van der Waals surface area contributed by atoms with Crippen LogP contribution in [0.3, 0.4) is 0 Å². The molecule has 150 valence electrons. The highest BCUT2D eigenvalue weighted by Crippen LogP contribution is 2.19. The Morgan fingerprint density at radius 1 is 1.28 bits per heavy atom. The van der Waals surface area contributed by atoms with Gasteiger partial charge < -0.3 is 9.73 Å². The molecule has 0 radical (unpaired) electrons. The Kier molecular flexibility index (Phi) is 4.35. The quantitative estimate of drug-likeness (QED) is 0.535. The summed E-state index contributed by atoms with van der Waals surface area (Å²) in [5, 5.41) is 9.06. The van der Waals surface area contributed by atoms with Crippen LogP contribution in [0, 0.1) is 0 Å². The lowest BCUT2D eigenvalue weighted by atomic mass is 10.2. The van der Waals surface area contributed by atoms with Crippen molar-refractivity contribution in [2.24, 2.45) is 0 Å². The molecule has 1 saturated carbocycles.